The summed E-state index contributed by atoms with van der Waals surface area (Å²) in [6.07, 6.45) is 0.806. The molecule has 4 nitrogen and oxygen atoms in total. The third-order valence-corrected chi connectivity index (χ3v) is 3.87. The van der Waals surface area contributed by atoms with Crippen LogP contribution in [0.5, 0.6) is 5.75 Å². The van der Waals surface area contributed by atoms with Crippen LogP contribution in [0.15, 0.2) is 54.6 Å². The van der Waals surface area contributed by atoms with Crippen LogP contribution in [0.3, 0.4) is 0 Å². The molecule has 23 heavy (non-hydrogen) atoms. The summed E-state index contributed by atoms with van der Waals surface area (Å²) in [6.45, 7) is 2.18. The Balaban J connectivity index is 2.11. The summed E-state index contributed by atoms with van der Waals surface area (Å²) >= 11 is 0. The zero-order valence-corrected chi connectivity index (χ0v) is 13.3. The van der Waals surface area contributed by atoms with Crippen molar-refractivity contribution in [1.29, 1.82) is 0 Å². The second-order valence-corrected chi connectivity index (χ2v) is 5.49. The van der Waals surface area contributed by atoms with E-state index in [0.717, 1.165) is 17.4 Å². The van der Waals surface area contributed by atoms with Gasteiger partial charge in [-0.25, -0.2) is 0 Å². The molecule has 120 valence electrons. The molecule has 0 saturated heterocycles. The molecule has 0 aliphatic heterocycles. The summed E-state index contributed by atoms with van der Waals surface area (Å²) in [5.41, 5.74) is 0.828. The Labute approximate surface area is 136 Å². The first-order valence-electron chi connectivity index (χ1n) is 7.39. The highest BCUT2D eigenvalue weighted by molar-refractivity contribution is 5.85. The van der Waals surface area contributed by atoms with E-state index in [-0.39, 0.29) is 6.42 Å². The zero-order chi connectivity index (χ0) is 16.7. The van der Waals surface area contributed by atoms with Crippen LogP contribution in [-0.2, 0) is 26.3 Å². The number of hydrogen-bond donors (Lipinski definition) is 0. The van der Waals surface area contributed by atoms with Crippen LogP contribution in [0.25, 0.3) is 0 Å². The number of carbonyl (C=O) groups excluding carboxylic acids is 2. The van der Waals surface area contributed by atoms with Gasteiger partial charge in [0, 0.05) is 6.42 Å². The van der Waals surface area contributed by atoms with E-state index >= 15 is 0 Å². The molecule has 2 aromatic rings. The smallest absolute Gasteiger partial charge is 0.316 e. The average molecular weight is 312 g/mol. The summed E-state index contributed by atoms with van der Waals surface area (Å²) in [6, 6.07) is 17.0. The number of rotatable bonds is 7. The fourth-order valence-corrected chi connectivity index (χ4v) is 2.37. The van der Waals surface area contributed by atoms with Gasteiger partial charge >= 0.3 is 5.97 Å². The fraction of sp³-hybridized carbons (Fsp3) is 0.263. The molecular weight excluding hydrogens is 292 g/mol. The molecule has 1 unspecified atom stereocenters. The minimum atomic E-state index is -0.978. The minimum absolute atomic E-state index is 0.0733. The van der Waals surface area contributed by atoms with E-state index in [1.54, 1.807) is 31.2 Å². The largest absolute Gasteiger partial charge is 0.489 e. The molecular formula is C19H20O4. The number of benzene rings is 2. The fourth-order valence-electron chi connectivity index (χ4n) is 2.37. The average Bonchev–Trinajstić information content (AvgIpc) is 2.60. The van der Waals surface area contributed by atoms with Gasteiger partial charge in [0.1, 0.15) is 18.6 Å². The van der Waals surface area contributed by atoms with Crippen LogP contribution in [0.4, 0.5) is 0 Å². The Bertz CT molecular complexity index is 649. The Hall–Kier alpha value is -2.62. The quantitative estimate of drug-likeness (QED) is 0.581. The third kappa shape index (κ3) is 3.97. The molecule has 0 fully saturated rings. The number of esters is 1. The Morgan fingerprint density at radius 1 is 1.09 bits per heavy atom. The van der Waals surface area contributed by atoms with Gasteiger partial charge in [-0.2, -0.15) is 0 Å². The molecule has 0 bridgehead atoms. The predicted octanol–water partition coefficient (Wildman–Crippen LogP) is 3.29. The van der Waals surface area contributed by atoms with Crippen LogP contribution in [-0.4, -0.2) is 19.4 Å². The van der Waals surface area contributed by atoms with Crippen molar-refractivity contribution in [3.05, 3.63) is 65.7 Å². The van der Waals surface area contributed by atoms with E-state index in [9.17, 15) is 9.59 Å². The Morgan fingerprint density at radius 2 is 1.74 bits per heavy atom. The maximum absolute atomic E-state index is 12.0. The van der Waals surface area contributed by atoms with Crippen molar-refractivity contribution < 1.29 is 19.1 Å². The number of aldehydes is 1. The van der Waals surface area contributed by atoms with Crippen molar-refractivity contribution in [2.75, 3.05) is 7.11 Å². The maximum atomic E-state index is 12.0. The first kappa shape index (κ1) is 16.7. The standard InChI is InChI=1S/C19H20O4/c1-19(12-13-20,18(21)22-2)16-8-10-17(11-9-16)23-14-15-6-4-3-5-7-15/h3-11,13H,12,14H2,1-2H3. The zero-order valence-electron chi connectivity index (χ0n) is 13.3. The molecule has 0 heterocycles. The van der Waals surface area contributed by atoms with Gasteiger partial charge in [-0.05, 0) is 30.2 Å². The Kier molecular flexibility index (Phi) is 5.52. The molecule has 2 rings (SSSR count). The summed E-state index contributed by atoms with van der Waals surface area (Å²) in [4.78, 5) is 22.9. The predicted molar refractivity (Wildman–Crippen MR) is 87.3 cm³/mol. The van der Waals surface area contributed by atoms with Gasteiger partial charge < -0.3 is 14.3 Å². The second-order valence-electron chi connectivity index (χ2n) is 5.49. The summed E-state index contributed by atoms with van der Waals surface area (Å²) in [5.74, 6) is 0.276. The summed E-state index contributed by atoms with van der Waals surface area (Å²) in [5, 5.41) is 0. The van der Waals surface area contributed by atoms with Crippen molar-refractivity contribution in [3.8, 4) is 5.75 Å². The second kappa shape index (κ2) is 7.58. The topological polar surface area (TPSA) is 52.6 Å². The molecule has 0 aromatic heterocycles. The van der Waals surface area contributed by atoms with Gasteiger partial charge in [0.2, 0.25) is 0 Å². The van der Waals surface area contributed by atoms with Crippen molar-refractivity contribution >= 4 is 12.3 Å². The molecule has 1 atom stereocenters. The molecule has 0 N–H and O–H groups in total. The normalized spacial score (nSPS) is 13.0. The molecule has 0 aliphatic rings. The SMILES string of the molecule is COC(=O)C(C)(CC=O)c1ccc(OCc2ccccc2)cc1. The van der Waals surface area contributed by atoms with Gasteiger partial charge in [-0.15, -0.1) is 0 Å². The highest BCUT2D eigenvalue weighted by Crippen LogP contribution is 2.30. The van der Waals surface area contributed by atoms with Crippen molar-refractivity contribution in [2.24, 2.45) is 0 Å². The first-order chi connectivity index (χ1) is 11.1. The van der Waals surface area contributed by atoms with Gasteiger partial charge in [0.05, 0.1) is 12.5 Å². The van der Waals surface area contributed by atoms with Crippen LogP contribution >= 0.6 is 0 Å². The van der Waals surface area contributed by atoms with Gasteiger partial charge in [0.25, 0.3) is 0 Å². The van der Waals surface area contributed by atoms with E-state index in [2.05, 4.69) is 0 Å². The molecule has 0 spiro atoms. The lowest BCUT2D eigenvalue weighted by atomic mass is 9.80. The van der Waals surface area contributed by atoms with Crippen LogP contribution < -0.4 is 4.74 Å². The van der Waals surface area contributed by atoms with E-state index in [1.807, 2.05) is 30.3 Å². The lowest BCUT2D eigenvalue weighted by molar-refractivity contribution is -0.148. The van der Waals surface area contributed by atoms with Gasteiger partial charge in [-0.1, -0.05) is 42.5 Å². The first-order valence-corrected chi connectivity index (χ1v) is 7.39. The van der Waals surface area contributed by atoms with E-state index < -0.39 is 11.4 Å². The summed E-state index contributed by atoms with van der Waals surface area (Å²) in [7, 11) is 1.32. The van der Waals surface area contributed by atoms with Gasteiger partial charge in [0.15, 0.2) is 0 Å². The molecule has 0 saturated carbocycles. The minimum Gasteiger partial charge on any atom is -0.489 e. The lowest BCUT2D eigenvalue weighted by Crippen LogP contribution is -2.34. The van der Waals surface area contributed by atoms with Crippen molar-refractivity contribution in [1.82, 2.24) is 0 Å². The Morgan fingerprint density at radius 3 is 2.30 bits per heavy atom. The number of carbonyl (C=O) groups is 2. The highest BCUT2D eigenvalue weighted by Gasteiger charge is 2.36. The number of ether oxygens (including phenoxy) is 2. The van der Waals surface area contributed by atoms with Crippen LogP contribution in [0.2, 0.25) is 0 Å². The van der Waals surface area contributed by atoms with E-state index in [1.165, 1.54) is 7.11 Å². The van der Waals surface area contributed by atoms with Crippen LogP contribution in [0.1, 0.15) is 24.5 Å². The highest BCUT2D eigenvalue weighted by atomic mass is 16.5. The third-order valence-electron chi connectivity index (χ3n) is 3.87. The van der Waals surface area contributed by atoms with E-state index in [4.69, 9.17) is 9.47 Å². The van der Waals surface area contributed by atoms with Gasteiger partial charge in [-0.3, -0.25) is 4.79 Å². The molecule has 2 aromatic carbocycles. The number of hydrogen-bond acceptors (Lipinski definition) is 4. The number of methoxy groups -OCH3 is 1. The lowest BCUT2D eigenvalue weighted by Gasteiger charge is -2.25. The van der Waals surface area contributed by atoms with E-state index in [0.29, 0.717) is 12.4 Å². The molecule has 0 amide bonds. The molecule has 0 aliphatic carbocycles. The van der Waals surface area contributed by atoms with Crippen LogP contribution in [0, 0.1) is 0 Å². The molecule has 4 heteroatoms. The summed E-state index contributed by atoms with van der Waals surface area (Å²) < 4.78 is 10.5. The van der Waals surface area contributed by atoms with Crippen molar-refractivity contribution in [3.63, 3.8) is 0 Å². The molecule has 0 radical (unpaired) electrons. The maximum Gasteiger partial charge on any atom is 0.316 e. The van der Waals surface area contributed by atoms with Crippen molar-refractivity contribution in [2.45, 2.75) is 25.4 Å². The monoisotopic (exact) mass is 312 g/mol.